The molecule has 2 heterocycles. The van der Waals surface area contributed by atoms with Gasteiger partial charge in [0, 0.05) is 10.9 Å². The number of benzene rings is 3. The van der Waals surface area contributed by atoms with E-state index in [0.29, 0.717) is 43.8 Å². The number of nitrogens with one attached hydrogen (secondary N) is 2. The summed E-state index contributed by atoms with van der Waals surface area (Å²) in [5, 5.41) is 14.5. The zero-order chi connectivity index (χ0) is 24.4. The third-order valence-corrected chi connectivity index (χ3v) is 6.45. The van der Waals surface area contributed by atoms with Crippen LogP contribution in [0.3, 0.4) is 0 Å². The van der Waals surface area contributed by atoms with Crippen LogP contribution >= 0.6 is 39.1 Å². The lowest BCUT2D eigenvalue weighted by atomic mass is 10.2. The highest BCUT2D eigenvalue weighted by Gasteiger charge is 2.12. The molecule has 0 spiro atoms. The van der Waals surface area contributed by atoms with E-state index in [4.69, 9.17) is 32.7 Å². The molecule has 0 atom stereocenters. The number of para-hydroxylation sites is 1. The SMILES string of the molecule is COc1cc(/C=N/Nc2nnc3c(n2)[nH]c2ccccc23)cc(Br)c1OCc1ccc(Cl)c(Cl)c1. The summed E-state index contributed by atoms with van der Waals surface area (Å²) >= 11 is 15.6. The van der Waals surface area contributed by atoms with Gasteiger partial charge in [-0.25, -0.2) is 5.43 Å². The van der Waals surface area contributed by atoms with Gasteiger partial charge < -0.3 is 14.5 Å². The summed E-state index contributed by atoms with van der Waals surface area (Å²) in [6, 6.07) is 16.8. The molecule has 2 aromatic heterocycles. The molecular formula is C24H17BrCl2N6O2. The van der Waals surface area contributed by atoms with Crippen molar-refractivity contribution in [2.24, 2.45) is 5.10 Å². The molecule has 8 nitrogen and oxygen atoms in total. The molecule has 11 heteroatoms. The Labute approximate surface area is 218 Å². The van der Waals surface area contributed by atoms with Gasteiger partial charge in [0.1, 0.15) is 12.1 Å². The molecule has 3 aromatic carbocycles. The number of anilines is 1. The van der Waals surface area contributed by atoms with Gasteiger partial charge >= 0.3 is 0 Å². The number of ether oxygens (including phenoxy) is 2. The minimum Gasteiger partial charge on any atom is -0.493 e. The first-order valence-corrected chi connectivity index (χ1v) is 11.9. The van der Waals surface area contributed by atoms with E-state index >= 15 is 0 Å². The number of hydrazone groups is 1. The van der Waals surface area contributed by atoms with E-state index in [9.17, 15) is 0 Å². The number of fused-ring (bicyclic) bond motifs is 3. The average Bonchev–Trinajstić information content (AvgIpc) is 3.23. The fourth-order valence-electron chi connectivity index (χ4n) is 3.47. The van der Waals surface area contributed by atoms with Crippen LogP contribution in [0.2, 0.25) is 10.0 Å². The van der Waals surface area contributed by atoms with Crippen LogP contribution in [-0.2, 0) is 6.61 Å². The first-order valence-electron chi connectivity index (χ1n) is 10.4. The predicted octanol–water partition coefficient (Wildman–Crippen LogP) is 6.61. The van der Waals surface area contributed by atoms with Gasteiger partial charge in [0.15, 0.2) is 17.1 Å². The quantitative estimate of drug-likeness (QED) is 0.168. The van der Waals surface area contributed by atoms with E-state index in [0.717, 1.165) is 22.0 Å². The van der Waals surface area contributed by atoms with Crippen LogP contribution in [0, 0.1) is 0 Å². The fraction of sp³-hybridized carbons (Fsp3) is 0.0833. The largest absolute Gasteiger partial charge is 0.493 e. The zero-order valence-corrected chi connectivity index (χ0v) is 21.3. The molecule has 0 saturated heterocycles. The molecule has 2 N–H and O–H groups in total. The van der Waals surface area contributed by atoms with Crippen molar-refractivity contribution in [3.05, 3.63) is 80.2 Å². The number of halogens is 3. The van der Waals surface area contributed by atoms with Crippen molar-refractivity contribution in [2.45, 2.75) is 6.61 Å². The summed E-state index contributed by atoms with van der Waals surface area (Å²) in [6.45, 7) is 0.293. The van der Waals surface area contributed by atoms with E-state index < -0.39 is 0 Å². The van der Waals surface area contributed by atoms with E-state index in [2.05, 4.69) is 46.6 Å². The molecule has 0 aliphatic heterocycles. The second kappa shape index (κ2) is 10.1. The topological polar surface area (TPSA) is 97.3 Å². The van der Waals surface area contributed by atoms with Gasteiger partial charge in [0.25, 0.3) is 5.95 Å². The molecule has 0 fully saturated rings. The van der Waals surface area contributed by atoms with Crippen LogP contribution in [0.5, 0.6) is 11.5 Å². The molecule has 0 aliphatic rings. The predicted molar refractivity (Wildman–Crippen MR) is 142 cm³/mol. The van der Waals surface area contributed by atoms with Crippen molar-refractivity contribution in [1.29, 1.82) is 0 Å². The lowest BCUT2D eigenvalue weighted by Crippen LogP contribution is -2.01. The first-order chi connectivity index (χ1) is 17.0. The van der Waals surface area contributed by atoms with E-state index in [1.807, 2.05) is 36.4 Å². The van der Waals surface area contributed by atoms with Crippen molar-refractivity contribution in [3.8, 4) is 11.5 Å². The number of H-pyrrole nitrogens is 1. The minimum absolute atomic E-state index is 0.271. The molecule has 0 unspecified atom stereocenters. The number of rotatable bonds is 7. The van der Waals surface area contributed by atoms with Gasteiger partial charge in [0.2, 0.25) is 0 Å². The van der Waals surface area contributed by atoms with Gasteiger partial charge in [0.05, 0.1) is 27.8 Å². The maximum atomic E-state index is 6.09. The molecule has 5 aromatic rings. The fourth-order valence-corrected chi connectivity index (χ4v) is 4.37. The van der Waals surface area contributed by atoms with Crippen molar-refractivity contribution < 1.29 is 9.47 Å². The normalized spacial score (nSPS) is 11.4. The van der Waals surface area contributed by atoms with Gasteiger partial charge in [-0.2, -0.15) is 10.1 Å². The van der Waals surface area contributed by atoms with Gasteiger partial charge in [-0.1, -0.05) is 47.5 Å². The smallest absolute Gasteiger partial charge is 0.265 e. The molecule has 0 aliphatic carbocycles. The van der Waals surface area contributed by atoms with Crippen LogP contribution in [0.25, 0.3) is 22.1 Å². The van der Waals surface area contributed by atoms with Crippen molar-refractivity contribution in [2.75, 3.05) is 12.5 Å². The monoisotopic (exact) mass is 570 g/mol. The van der Waals surface area contributed by atoms with Crippen LogP contribution in [0.4, 0.5) is 5.95 Å². The first kappa shape index (κ1) is 23.3. The molecule has 5 rings (SSSR count). The maximum absolute atomic E-state index is 6.09. The standard InChI is InChI=1S/C24H17BrCl2N6O2/c1-34-20-10-14(8-16(25)22(20)35-12-13-6-7-17(26)18(27)9-13)11-28-32-24-30-23-21(31-33-24)15-4-2-3-5-19(15)29-23/h2-11H,12H2,1H3,(H2,29,30,32,33)/b28-11+. The summed E-state index contributed by atoms with van der Waals surface area (Å²) in [5.74, 6) is 1.37. The molecule has 0 radical (unpaired) electrons. The van der Waals surface area contributed by atoms with Gasteiger partial charge in [-0.05, 0) is 57.4 Å². The van der Waals surface area contributed by atoms with Gasteiger partial charge in [-0.15, -0.1) is 10.2 Å². The van der Waals surface area contributed by atoms with Crippen molar-refractivity contribution >= 4 is 73.4 Å². The molecule has 0 saturated carbocycles. The van der Waals surface area contributed by atoms with Gasteiger partial charge in [-0.3, -0.25) is 0 Å². The zero-order valence-electron chi connectivity index (χ0n) is 18.2. The Morgan fingerprint density at radius 2 is 1.94 bits per heavy atom. The Kier molecular flexibility index (Phi) is 6.72. The lowest BCUT2D eigenvalue weighted by molar-refractivity contribution is 0.282. The molecule has 35 heavy (non-hydrogen) atoms. The Bertz CT molecular complexity index is 1570. The van der Waals surface area contributed by atoms with Crippen LogP contribution < -0.4 is 14.9 Å². The molecule has 176 valence electrons. The Morgan fingerprint density at radius 3 is 2.77 bits per heavy atom. The minimum atomic E-state index is 0.271. The Balaban J connectivity index is 1.30. The van der Waals surface area contributed by atoms with Crippen molar-refractivity contribution in [1.82, 2.24) is 20.2 Å². The van der Waals surface area contributed by atoms with Crippen LogP contribution in [-0.4, -0.2) is 33.5 Å². The summed E-state index contributed by atoms with van der Waals surface area (Å²) in [7, 11) is 1.57. The third kappa shape index (κ3) is 5.02. The average molecular weight is 572 g/mol. The lowest BCUT2D eigenvalue weighted by Gasteiger charge is -2.14. The molecule has 0 bridgehead atoms. The number of hydrogen-bond donors (Lipinski definition) is 2. The summed E-state index contributed by atoms with van der Waals surface area (Å²) in [5.41, 5.74) is 6.74. The highest BCUT2D eigenvalue weighted by Crippen LogP contribution is 2.37. The highest BCUT2D eigenvalue weighted by molar-refractivity contribution is 9.10. The number of hydrogen-bond acceptors (Lipinski definition) is 7. The maximum Gasteiger partial charge on any atom is 0.265 e. The van der Waals surface area contributed by atoms with E-state index in [-0.39, 0.29) is 5.95 Å². The summed E-state index contributed by atoms with van der Waals surface area (Å²) < 4.78 is 12.2. The number of aromatic amines is 1. The number of nitrogens with zero attached hydrogens (tertiary/aromatic N) is 4. The van der Waals surface area contributed by atoms with Crippen LogP contribution in [0.15, 0.2) is 64.2 Å². The third-order valence-electron chi connectivity index (χ3n) is 5.12. The Hall–Kier alpha value is -3.40. The molecule has 0 amide bonds. The molecular weight excluding hydrogens is 555 g/mol. The second-order valence-corrected chi connectivity index (χ2v) is 9.11. The van der Waals surface area contributed by atoms with Crippen molar-refractivity contribution in [3.63, 3.8) is 0 Å². The number of methoxy groups -OCH3 is 1. The van der Waals surface area contributed by atoms with E-state index in [1.165, 1.54) is 0 Å². The highest BCUT2D eigenvalue weighted by atomic mass is 79.9. The second-order valence-electron chi connectivity index (χ2n) is 7.44. The number of aromatic nitrogens is 4. The van der Waals surface area contributed by atoms with E-state index in [1.54, 1.807) is 31.5 Å². The summed E-state index contributed by atoms with van der Waals surface area (Å²) in [4.78, 5) is 7.68. The van der Waals surface area contributed by atoms with Crippen LogP contribution in [0.1, 0.15) is 11.1 Å². The summed E-state index contributed by atoms with van der Waals surface area (Å²) in [6.07, 6.45) is 1.62. The Morgan fingerprint density at radius 1 is 1.09 bits per heavy atom.